The van der Waals surface area contributed by atoms with Crippen LogP contribution >= 0.6 is 11.6 Å². The van der Waals surface area contributed by atoms with Gasteiger partial charge in [0.15, 0.2) is 5.65 Å². The molecule has 2 aromatic heterocycles. The number of fused-ring (bicyclic) bond motifs is 1. The number of nitrogens with one attached hydrogen (secondary N) is 1. The lowest BCUT2D eigenvalue weighted by Gasteiger charge is -2.10. The van der Waals surface area contributed by atoms with Crippen LogP contribution in [0, 0.1) is 0 Å². The SMILES string of the molecule is Cn1ncc2c(NCc3ccc(S(N)(=O)=O)cc3Cl)ccnc21. The number of halogens is 1. The number of sulfonamides is 1. The molecule has 0 bridgehead atoms. The van der Waals surface area contributed by atoms with E-state index >= 15 is 0 Å². The standard InChI is InChI=1S/C14H14ClN5O2S/c1-20-14-11(8-19-20)13(4-5-17-14)18-7-9-2-3-10(6-12(9)15)23(16,21)22/h2-6,8H,7H2,1H3,(H,17,18)(H2,16,21,22). The normalized spacial score (nSPS) is 11.8. The molecule has 0 amide bonds. The summed E-state index contributed by atoms with van der Waals surface area (Å²) in [6.07, 6.45) is 3.43. The van der Waals surface area contributed by atoms with Gasteiger partial charge >= 0.3 is 0 Å². The molecular weight excluding hydrogens is 338 g/mol. The van der Waals surface area contributed by atoms with Crippen molar-refractivity contribution in [2.24, 2.45) is 12.2 Å². The molecule has 1 aromatic carbocycles. The Kier molecular flexibility index (Phi) is 3.97. The first kappa shape index (κ1) is 15.7. The maximum atomic E-state index is 11.3. The van der Waals surface area contributed by atoms with Crippen molar-refractivity contribution in [3.8, 4) is 0 Å². The summed E-state index contributed by atoms with van der Waals surface area (Å²) in [5, 5.41) is 13.7. The lowest BCUT2D eigenvalue weighted by atomic mass is 10.2. The van der Waals surface area contributed by atoms with Crippen molar-refractivity contribution in [2.75, 3.05) is 5.32 Å². The Morgan fingerprint density at radius 3 is 2.83 bits per heavy atom. The van der Waals surface area contributed by atoms with Gasteiger partial charge in [-0.05, 0) is 23.8 Å². The fourth-order valence-corrected chi connectivity index (χ4v) is 3.09. The van der Waals surface area contributed by atoms with Crippen molar-refractivity contribution < 1.29 is 8.42 Å². The first-order valence-corrected chi connectivity index (χ1v) is 8.60. The third kappa shape index (κ3) is 3.14. The molecule has 0 aliphatic carbocycles. The van der Waals surface area contributed by atoms with Crippen molar-refractivity contribution in [3.63, 3.8) is 0 Å². The van der Waals surface area contributed by atoms with E-state index in [2.05, 4.69) is 15.4 Å². The monoisotopic (exact) mass is 351 g/mol. The molecule has 23 heavy (non-hydrogen) atoms. The predicted octanol–water partition coefficient (Wildman–Crippen LogP) is 1.88. The zero-order valence-corrected chi connectivity index (χ0v) is 13.8. The maximum Gasteiger partial charge on any atom is 0.238 e. The number of primary sulfonamides is 1. The largest absolute Gasteiger partial charge is 0.380 e. The summed E-state index contributed by atoms with van der Waals surface area (Å²) in [6, 6.07) is 6.26. The van der Waals surface area contributed by atoms with Crippen LogP contribution in [0.4, 0.5) is 5.69 Å². The van der Waals surface area contributed by atoms with Crippen molar-refractivity contribution in [1.82, 2.24) is 14.8 Å². The van der Waals surface area contributed by atoms with Gasteiger partial charge in [0, 0.05) is 30.5 Å². The molecule has 0 unspecified atom stereocenters. The average molecular weight is 352 g/mol. The smallest absolute Gasteiger partial charge is 0.238 e. The van der Waals surface area contributed by atoms with Gasteiger partial charge < -0.3 is 5.32 Å². The van der Waals surface area contributed by atoms with Crippen molar-refractivity contribution in [2.45, 2.75) is 11.4 Å². The summed E-state index contributed by atoms with van der Waals surface area (Å²) in [6.45, 7) is 0.428. The number of pyridine rings is 1. The Morgan fingerprint density at radius 2 is 2.13 bits per heavy atom. The number of aromatic nitrogens is 3. The van der Waals surface area contributed by atoms with Crippen LogP contribution in [-0.2, 0) is 23.6 Å². The number of nitrogens with zero attached hydrogens (tertiary/aromatic N) is 3. The summed E-state index contributed by atoms with van der Waals surface area (Å²) in [5.41, 5.74) is 2.40. The minimum atomic E-state index is -3.76. The van der Waals surface area contributed by atoms with Crippen LogP contribution in [0.2, 0.25) is 5.02 Å². The predicted molar refractivity (Wildman–Crippen MR) is 88.7 cm³/mol. The van der Waals surface area contributed by atoms with Gasteiger partial charge in [-0.2, -0.15) is 5.10 Å². The van der Waals surface area contributed by atoms with E-state index in [4.69, 9.17) is 16.7 Å². The van der Waals surface area contributed by atoms with Gasteiger partial charge in [0.2, 0.25) is 10.0 Å². The zero-order valence-electron chi connectivity index (χ0n) is 12.2. The van der Waals surface area contributed by atoms with Gasteiger partial charge in [0.1, 0.15) is 0 Å². The van der Waals surface area contributed by atoms with Crippen molar-refractivity contribution >= 4 is 38.3 Å². The number of hydrogen-bond donors (Lipinski definition) is 2. The summed E-state index contributed by atoms with van der Waals surface area (Å²) in [4.78, 5) is 4.26. The Balaban J connectivity index is 1.85. The Morgan fingerprint density at radius 1 is 1.35 bits per heavy atom. The summed E-state index contributed by atoms with van der Waals surface area (Å²) < 4.78 is 24.3. The van der Waals surface area contributed by atoms with Crippen LogP contribution in [0.1, 0.15) is 5.56 Å². The Hall–Kier alpha value is -2.16. The molecule has 9 heteroatoms. The van der Waals surface area contributed by atoms with E-state index in [9.17, 15) is 8.42 Å². The van der Waals surface area contributed by atoms with Gasteiger partial charge in [-0.1, -0.05) is 17.7 Å². The lowest BCUT2D eigenvalue weighted by molar-refractivity contribution is 0.598. The molecule has 0 atom stereocenters. The number of aryl methyl sites for hydroxylation is 1. The topological polar surface area (TPSA) is 103 Å². The molecule has 0 aliphatic rings. The fraction of sp³-hybridized carbons (Fsp3) is 0.143. The molecule has 120 valence electrons. The van der Waals surface area contributed by atoms with Gasteiger partial charge in [-0.15, -0.1) is 0 Å². The van der Waals surface area contributed by atoms with E-state index in [0.717, 1.165) is 22.3 Å². The fourth-order valence-electron chi connectivity index (χ4n) is 2.24. The molecular formula is C14H14ClN5O2S. The molecule has 2 heterocycles. The average Bonchev–Trinajstić information content (AvgIpc) is 2.87. The van der Waals surface area contributed by atoms with Crippen LogP contribution in [0.15, 0.2) is 41.6 Å². The van der Waals surface area contributed by atoms with Crippen LogP contribution in [-0.4, -0.2) is 23.2 Å². The molecule has 7 nitrogen and oxygen atoms in total. The molecule has 3 N–H and O–H groups in total. The number of hydrogen-bond acceptors (Lipinski definition) is 5. The van der Waals surface area contributed by atoms with Crippen LogP contribution in [0.25, 0.3) is 11.0 Å². The van der Waals surface area contributed by atoms with Crippen LogP contribution < -0.4 is 10.5 Å². The van der Waals surface area contributed by atoms with Crippen LogP contribution in [0.3, 0.4) is 0 Å². The van der Waals surface area contributed by atoms with E-state index < -0.39 is 10.0 Å². The number of nitrogens with two attached hydrogens (primary N) is 1. The van der Waals surface area contributed by atoms with Crippen LogP contribution in [0.5, 0.6) is 0 Å². The molecule has 0 saturated carbocycles. The molecule has 3 aromatic rings. The second-order valence-electron chi connectivity index (χ2n) is 5.02. The Labute approximate surface area is 138 Å². The highest BCUT2D eigenvalue weighted by Gasteiger charge is 2.11. The quantitative estimate of drug-likeness (QED) is 0.747. The number of benzene rings is 1. The summed E-state index contributed by atoms with van der Waals surface area (Å²) in [7, 11) is -1.94. The van der Waals surface area contributed by atoms with Gasteiger partial charge in [-0.3, -0.25) is 4.68 Å². The van der Waals surface area contributed by atoms with E-state index in [1.54, 1.807) is 23.1 Å². The first-order chi connectivity index (χ1) is 10.9. The second kappa shape index (κ2) is 5.80. The Bertz CT molecular complexity index is 984. The van der Waals surface area contributed by atoms with E-state index in [-0.39, 0.29) is 4.90 Å². The van der Waals surface area contributed by atoms with E-state index in [1.807, 2.05) is 13.1 Å². The molecule has 0 radical (unpaired) electrons. The highest BCUT2D eigenvalue weighted by atomic mass is 35.5. The highest BCUT2D eigenvalue weighted by Crippen LogP contribution is 2.24. The molecule has 3 rings (SSSR count). The van der Waals surface area contributed by atoms with E-state index in [1.165, 1.54) is 12.1 Å². The van der Waals surface area contributed by atoms with Gasteiger partial charge in [0.25, 0.3) is 0 Å². The number of anilines is 1. The number of rotatable bonds is 4. The van der Waals surface area contributed by atoms with Crippen molar-refractivity contribution in [3.05, 3.63) is 47.2 Å². The third-order valence-electron chi connectivity index (χ3n) is 3.46. The minimum Gasteiger partial charge on any atom is -0.380 e. The molecule has 0 fully saturated rings. The highest BCUT2D eigenvalue weighted by molar-refractivity contribution is 7.89. The summed E-state index contributed by atoms with van der Waals surface area (Å²) >= 11 is 6.14. The maximum absolute atomic E-state index is 11.3. The minimum absolute atomic E-state index is 0.00943. The second-order valence-corrected chi connectivity index (χ2v) is 6.98. The van der Waals surface area contributed by atoms with Crippen molar-refractivity contribution in [1.29, 1.82) is 0 Å². The zero-order chi connectivity index (χ0) is 16.6. The molecule has 0 saturated heterocycles. The molecule has 0 aliphatic heterocycles. The van der Waals surface area contributed by atoms with Gasteiger partial charge in [0.05, 0.1) is 16.5 Å². The first-order valence-electron chi connectivity index (χ1n) is 6.68. The van der Waals surface area contributed by atoms with Gasteiger partial charge in [-0.25, -0.2) is 18.5 Å². The summed E-state index contributed by atoms with van der Waals surface area (Å²) in [5.74, 6) is 0. The van der Waals surface area contributed by atoms with E-state index in [0.29, 0.717) is 11.6 Å². The lowest BCUT2D eigenvalue weighted by Crippen LogP contribution is -2.12. The third-order valence-corrected chi connectivity index (χ3v) is 4.72. The molecule has 0 spiro atoms.